The van der Waals surface area contributed by atoms with Crippen LogP contribution < -0.4 is 0 Å². The number of fused-ring (bicyclic) bond motifs is 1. The van der Waals surface area contributed by atoms with Gasteiger partial charge in [0.15, 0.2) is 0 Å². The molecule has 6 heteroatoms. The van der Waals surface area contributed by atoms with Gasteiger partial charge in [-0.1, -0.05) is 31.8 Å². The number of alkyl halides is 1. The van der Waals surface area contributed by atoms with Crippen molar-refractivity contribution in [1.29, 1.82) is 0 Å². The van der Waals surface area contributed by atoms with Crippen LogP contribution in [0.4, 0.5) is 0 Å². The summed E-state index contributed by atoms with van der Waals surface area (Å²) < 4.78 is 13.3. The average molecular weight is 369 g/mol. The molecule has 24 heavy (non-hydrogen) atoms. The van der Waals surface area contributed by atoms with Crippen LogP contribution in [-0.4, -0.2) is 37.9 Å². The molecular formula is C18H29ClN2O2Si. The molecule has 0 saturated carbocycles. The Labute approximate surface area is 151 Å². The van der Waals surface area contributed by atoms with Crippen molar-refractivity contribution in [3.63, 3.8) is 0 Å². The quantitative estimate of drug-likeness (QED) is 0.347. The van der Waals surface area contributed by atoms with E-state index in [1.807, 2.05) is 12.1 Å². The summed E-state index contributed by atoms with van der Waals surface area (Å²) in [6.07, 6.45) is 1.83. The summed E-state index contributed by atoms with van der Waals surface area (Å²) in [5, 5.41) is 0. The lowest BCUT2D eigenvalue weighted by molar-refractivity contribution is 0.0875. The second kappa shape index (κ2) is 8.99. The van der Waals surface area contributed by atoms with Crippen LogP contribution in [0.2, 0.25) is 25.7 Å². The van der Waals surface area contributed by atoms with E-state index in [0.717, 1.165) is 48.5 Å². The average Bonchev–Trinajstić information content (AvgIpc) is 2.88. The van der Waals surface area contributed by atoms with Gasteiger partial charge in [0.25, 0.3) is 0 Å². The first kappa shape index (κ1) is 19.4. The number of methoxy groups -OCH3 is 1. The summed E-state index contributed by atoms with van der Waals surface area (Å²) >= 11 is 6.08. The molecule has 0 unspecified atom stereocenters. The summed E-state index contributed by atoms with van der Waals surface area (Å²) in [4.78, 5) is 4.83. The Bertz CT molecular complexity index is 652. The summed E-state index contributed by atoms with van der Waals surface area (Å²) in [7, 11) is 0.659. The van der Waals surface area contributed by atoms with E-state index < -0.39 is 8.07 Å². The number of halogens is 1. The lowest BCUT2D eigenvalue weighted by atomic mass is 10.2. The van der Waals surface area contributed by atoms with Crippen LogP contribution in [0.3, 0.4) is 0 Å². The van der Waals surface area contributed by atoms with Crippen molar-refractivity contribution in [1.82, 2.24) is 9.55 Å². The smallest absolute Gasteiger partial charge is 0.124 e. The molecular weight excluding hydrogens is 340 g/mol. The van der Waals surface area contributed by atoms with Crippen molar-refractivity contribution in [2.75, 3.05) is 20.3 Å². The maximum atomic E-state index is 6.08. The normalized spacial score (nSPS) is 12.2. The summed E-state index contributed by atoms with van der Waals surface area (Å²) in [5.74, 6) is 1.52. The molecule has 0 atom stereocenters. The van der Waals surface area contributed by atoms with Gasteiger partial charge in [-0.25, -0.2) is 4.98 Å². The Kier molecular flexibility index (Phi) is 7.28. The minimum atomic E-state index is -1.07. The van der Waals surface area contributed by atoms with E-state index in [1.165, 1.54) is 6.04 Å². The lowest BCUT2D eigenvalue weighted by Crippen LogP contribution is -2.22. The highest BCUT2D eigenvalue weighted by atomic mass is 35.5. The van der Waals surface area contributed by atoms with Gasteiger partial charge < -0.3 is 14.0 Å². The molecule has 0 aliphatic rings. The van der Waals surface area contributed by atoms with Crippen molar-refractivity contribution in [3.05, 3.63) is 29.6 Å². The van der Waals surface area contributed by atoms with Gasteiger partial charge in [-0.2, -0.15) is 0 Å². The number of rotatable bonds is 10. The number of ether oxygens (including phenoxy) is 2. The first-order valence-electron chi connectivity index (χ1n) is 8.56. The van der Waals surface area contributed by atoms with E-state index in [2.05, 4.69) is 30.3 Å². The van der Waals surface area contributed by atoms with Crippen LogP contribution in [0, 0.1) is 0 Å². The SMILES string of the molecule is COCCCc1nc2c(CCl)cccc2n1COCC[Si](C)(C)C. The number of hydrogen-bond donors (Lipinski definition) is 0. The molecule has 2 rings (SSSR count). The predicted molar refractivity (Wildman–Crippen MR) is 104 cm³/mol. The molecule has 2 aromatic rings. The fraction of sp³-hybridized carbons (Fsp3) is 0.611. The third-order valence-electron chi connectivity index (χ3n) is 4.05. The zero-order chi connectivity index (χ0) is 17.6. The summed E-state index contributed by atoms with van der Waals surface area (Å²) in [5.41, 5.74) is 3.17. The van der Waals surface area contributed by atoms with Crippen molar-refractivity contribution < 1.29 is 9.47 Å². The molecule has 0 aliphatic heterocycles. The number of hydrogen-bond acceptors (Lipinski definition) is 3. The van der Waals surface area contributed by atoms with E-state index >= 15 is 0 Å². The van der Waals surface area contributed by atoms with Crippen LogP contribution in [0.1, 0.15) is 17.8 Å². The number of benzene rings is 1. The number of aromatic nitrogens is 2. The standard InChI is InChI=1S/C18H29ClN2O2Si/c1-22-10-6-9-17-20-18-15(13-19)7-5-8-16(18)21(17)14-23-11-12-24(2,3)4/h5,7-8H,6,9-14H2,1-4H3. The highest BCUT2D eigenvalue weighted by Crippen LogP contribution is 2.23. The monoisotopic (exact) mass is 368 g/mol. The Morgan fingerprint density at radius 1 is 1.21 bits per heavy atom. The molecule has 1 aromatic heterocycles. The molecule has 0 saturated heterocycles. The molecule has 0 radical (unpaired) electrons. The van der Waals surface area contributed by atoms with Gasteiger partial charge in [-0.15, -0.1) is 11.6 Å². The van der Waals surface area contributed by atoms with Crippen molar-refractivity contribution >= 4 is 30.7 Å². The molecule has 0 bridgehead atoms. The Morgan fingerprint density at radius 3 is 2.67 bits per heavy atom. The molecule has 0 amide bonds. The van der Waals surface area contributed by atoms with Crippen molar-refractivity contribution in [3.8, 4) is 0 Å². The highest BCUT2D eigenvalue weighted by molar-refractivity contribution is 6.76. The van der Waals surface area contributed by atoms with Crippen LogP contribution in [-0.2, 0) is 28.5 Å². The minimum Gasteiger partial charge on any atom is -0.385 e. The lowest BCUT2D eigenvalue weighted by Gasteiger charge is -2.16. The summed E-state index contributed by atoms with van der Waals surface area (Å²) in [6.45, 7) is 9.20. The van der Waals surface area contributed by atoms with Gasteiger partial charge in [0.2, 0.25) is 0 Å². The van der Waals surface area contributed by atoms with Gasteiger partial charge in [0.05, 0.1) is 11.0 Å². The maximum Gasteiger partial charge on any atom is 0.124 e. The van der Waals surface area contributed by atoms with Crippen molar-refractivity contribution in [2.45, 2.75) is 51.1 Å². The van der Waals surface area contributed by atoms with Crippen LogP contribution in [0.5, 0.6) is 0 Å². The fourth-order valence-electron chi connectivity index (χ4n) is 2.60. The van der Waals surface area contributed by atoms with E-state index in [0.29, 0.717) is 12.6 Å². The van der Waals surface area contributed by atoms with Crippen LogP contribution in [0.25, 0.3) is 11.0 Å². The molecule has 0 N–H and O–H groups in total. The second-order valence-corrected chi connectivity index (χ2v) is 13.2. The highest BCUT2D eigenvalue weighted by Gasteiger charge is 2.15. The van der Waals surface area contributed by atoms with E-state index in [4.69, 9.17) is 26.1 Å². The number of para-hydroxylation sites is 1. The third kappa shape index (κ3) is 5.31. The molecule has 0 fully saturated rings. The van der Waals surface area contributed by atoms with Crippen LogP contribution >= 0.6 is 11.6 Å². The zero-order valence-electron chi connectivity index (χ0n) is 15.3. The first-order chi connectivity index (χ1) is 11.5. The zero-order valence-corrected chi connectivity index (χ0v) is 17.0. The Hall–Kier alpha value is -0.883. The third-order valence-corrected chi connectivity index (χ3v) is 6.04. The fourth-order valence-corrected chi connectivity index (χ4v) is 3.58. The first-order valence-corrected chi connectivity index (χ1v) is 12.8. The van der Waals surface area contributed by atoms with E-state index in [9.17, 15) is 0 Å². The van der Waals surface area contributed by atoms with Crippen molar-refractivity contribution in [2.24, 2.45) is 0 Å². The molecule has 4 nitrogen and oxygen atoms in total. The molecule has 0 spiro atoms. The van der Waals surface area contributed by atoms with Gasteiger partial charge in [0.1, 0.15) is 12.6 Å². The number of imidazole rings is 1. The van der Waals surface area contributed by atoms with Gasteiger partial charge in [0, 0.05) is 40.7 Å². The molecule has 1 aromatic carbocycles. The van der Waals surface area contributed by atoms with Gasteiger partial charge in [-0.05, 0) is 24.1 Å². The maximum absolute atomic E-state index is 6.08. The molecule has 1 heterocycles. The van der Waals surface area contributed by atoms with Gasteiger partial charge in [-0.3, -0.25) is 0 Å². The molecule has 0 aliphatic carbocycles. The van der Waals surface area contributed by atoms with E-state index in [1.54, 1.807) is 7.11 Å². The number of aryl methyl sites for hydroxylation is 1. The van der Waals surface area contributed by atoms with Gasteiger partial charge >= 0.3 is 0 Å². The van der Waals surface area contributed by atoms with E-state index in [-0.39, 0.29) is 0 Å². The largest absolute Gasteiger partial charge is 0.385 e. The molecule has 134 valence electrons. The predicted octanol–water partition coefficient (Wildman–Crippen LogP) is 4.67. The van der Waals surface area contributed by atoms with Crippen LogP contribution in [0.15, 0.2) is 18.2 Å². The second-order valence-electron chi connectivity index (χ2n) is 7.32. The Balaban J connectivity index is 2.18. The number of nitrogens with zero attached hydrogens (tertiary/aromatic N) is 2. The topological polar surface area (TPSA) is 36.3 Å². The minimum absolute atomic E-state index is 0.475. The Morgan fingerprint density at radius 2 is 2.00 bits per heavy atom. The summed E-state index contributed by atoms with van der Waals surface area (Å²) in [6, 6.07) is 7.35.